The number of nitrogens with zero attached hydrogens (tertiary/aromatic N) is 2. The Morgan fingerprint density at radius 3 is 2.42 bits per heavy atom. The Morgan fingerprint density at radius 2 is 1.79 bits per heavy atom. The molecule has 0 radical (unpaired) electrons. The molecule has 2 aromatic rings. The van der Waals surface area contributed by atoms with Gasteiger partial charge in [0.05, 0.1) is 13.2 Å². The Labute approximate surface area is 141 Å². The van der Waals surface area contributed by atoms with Gasteiger partial charge in [0.2, 0.25) is 0 Å². The van der Waals surface area contributed by atoms with Gasteiger partial charge in [-0.1, -0.05) is 61.5 Å². The van der Waals surface area contributed by atoms with Gasteiger partial charge >= 0.3 is 0 Å². The second kappa shape index (κ2) is 7.23. The van der Waals surface area contributed by atoms with Crippen molar-refractivity contribution in [1.29, 1.82) is 0 Å². The van der Waals surface area contributed by atoms with Crippen molar-refractivity contribution in [2.75, 3.05) is 13.2 Å². The highest BCUT2D eigenvalue weighted by atomic mass is 16.3. The standard InChI is InChI=1S/C20H20N2O2/c1-2-15-8-10-16(11-9-15)14-18-20(24)22(12-13-23)19(21-18)17-6-4-3-5-7-17/h3-11,14,23H,2,12-13H2,1H3. The number of amidine groups is 1. The molecule has 0 aliphatic carbocycles. The lowest BCUT2D eigenvalue weighted by atomic mass is 10.1. The average molecular weight is 320 g/mol. The summed E-state index contributed by atoms with van der Waals surface area (Å²) in [5.74, 6) is 0.411. The van der Waals surface area contributed by atoms with Crippen LogP contribution in [-0.2, 0) is 11.2 Å². The normalized spacial score (nSPS) is 15.9. The molecule has 0 spiro atoms. The summed E-state index contributed by atoms with van der Waals surface area (Å²) in [4.78, 5) is 18.7. The molecule has 0 aromatic heterocycles. The molecule has 0 unspecified atom stereocenters. The maximum Gasteiger partial charge on any atom is 0.278 e. The van der Waals surface area contributed by atoms with E-state index in [1.807, 2.05) is 42.5 Å². The van der Waals surface area contributed by atoms with Gasteiger partial charge in [-0.15, -0.1) is 0 Å². The number of aliphatic imine (C=N–C) groups is 1. The van der Waals surface area contributed by atoms with E-state index in [2.05, 4.69) is 24.0 Å². The monoisotopic (exact) mass is 320 g/mol. The van der Waals surface area contributed by atoms with E-state index in [9.17, 15) is 9.90 Å². The molecule has 122 valence electrons. The van der Waals surface area contributed by atoms with E-state index in [-0.39, 0.29) is 19.1 Å². The largest absolute Gasteiger partial charge is 0.395 e. The van der Waals surface area contributed by atoms with Gasteiger partial charge in [0, 0.05) is 5.56 Å². The zero-order valence-electron chi connectivity index (χ0n) is 13.6. The second-order valence-corrected chi connectivity index (χ2v) is 5.61. The van der Waals surface area contributed by atoms with E-state index in [1.54, 1.807) is 6.08 Å². The number of aliphatic hydroxyl groups is 1. The summed E-state index contributed by atoms with van der Waals surface area (Å²) in [6.07, 6.45) is 2.78. The first-order valence-electron chi connectivity index (χ1n) is 8.10. The van der Waals surface area contributed by atoms with Crippen LogP contribution in [0.4, 0.5) is 0 Å². The summed E-state index contributed by atoms with van der Waals surface area (Å²) in [7, 11) is 0. The van der Waals surface area contributed by atoms with Crippen molar-refractivity contribution in [2.45, 2.75) is 13.3 Å². The predicted octanol–water partition coefficient (Wildman–Crippen LogP) is 2.87. The number of rotatable bonds is 5. The number of amides is 1. The summed E-state index contributed by atoms with van der Waals surface area (Å²) in [6.45, 7) is 2.24. The highest BCUT2D eigenvalue weighted by Crippen LogP contribution is 2.22. The smallest absolute Gasteiger partial charge is 0.278 e. The Kier molecular flexibility index (Phi) is 4.87. The summed E-state index contributed by atoms with van der Waals surface area (Å²) >= 11 is 0. The van der Waals surface area contributed by atoms with Gasteiger partial charge in [-0.2, -0.15) is 0 Å². The average Bonchev–Trinajstić information content (AvgIpc) is 2.93. The lowest BCUT2D eigenvalue weighted by molar-refractivity contribution is -0.122. The molecule has 0 bridgehead atoms. The summed E-state index contributed by atoms with van der Waals surface area (Å²) in [5, 5.41) is 9.27. The van der Waals surface area contributed by atoms with Gasteiger partial charge in [0.25, 0.3) is 5.91 Å². The first-order chi connectivity index (χ1) is 11.7. The molecule has 4 nitrogen and oxygen atoms in total. The maximum absolute atomic E-state index is 12.6. The SMILES string of the molecule is CCc1ccc(C=C2N=C(c3ccccc3)N(CCO)C2=O)cc1. The third-order valence-corrected chi connectivity index (χ3v) is 3.99. The topological polar surface area (TPSA) is 52.9 Å². The van der Waals surface area contributed by atoms with Crippen molar-refractivity contribution in [3.63, 3.8) is 0 Å². The van der Waals surface area contributed by atoms with Crippen molar-refractivity contribution in [2.24, 2.45) is 4.99 Å². The van der Waals surface area contributed by atoms with E-state index in [1.165, 1.54) is 10.5 Å². The van der Waals surface area contributed by atoms with Crippen LogP contribution in [0.1, 0.15) is 23.6 Å². The van der Waals surface area contributed by atoms with E-state index in [0.29, 0.717) is 11.5 Å². The molecule has 2 aromatic carbocycles. The van der Waals surface area contributed by atoms with E-state index >= 15 is 0 Å². The number of hydrogen-bond acceptors (Lipinski definition) is 3. The highest BCUT2D eigenvalue weighted by molar-refractivity contribution is 6.19. The van der Waals surface area contributed by atoms with Gasteiger partial charge in [0.15, 0.2) is 0 Å². The second-order valence-electron chi connectivity index (χ2n) is 5.61. The Morgan fingerprint density at radius 1 is 1.08 bits per heavy atom. The number of aryl methyl sites for hydroxylation is 1. The van der Waals surface area contributed by atoms with Gasteiger partial charge in [-0.3, -0.25) is 9.69 Å². The highest BCUT2D eigenvalue weighted by Gasteiger charge is 2.30. The number of benzene rings is 2. The fraction of sp³-hybridized carbons (Fsp3) is 0.200. The van der Waals surface area contributed by atoms with Crippen LogP contribution in [0.5, 0.6) is 0 Å². The minimum absolute atomic E-state index is 0.101. The van der Waals surface area contributed by atoms with Crippen LogP contribution < -0.4 is 0 Å². The fourth-order valence-electron chi connectivity index (χ4n) is 2.67. The van der Waals surface area contributed by atoms with Crippen molar-refractivity contribution in [3.05, 3.63) is 77.0 Å². The third-order valence-electron chi connectivity index (χ3n) is 3.99. The molecule has 1 aliphatic rings. The zero-order chi connectivity index (χ0) is 16.9. The van der Waals surface area contributed by atoms with Crippen LogP contribution in [0.2, 0.25) is 0 Å². The lowest BCUT2D eigenvalue weighted by Gasteiger charge is -2.16. The molecule has 0 saturated carbocycles. The first-order valence-corrected chi connectivity index (χ1v) is 8.10. The van der Waals surface area contributed by atoms with Gasteiger partial charge < -0.3 is 5.11 Å². The van der Waals surface area contributed by atoms with Crippen LogP contribution in [0.3, 0.4) is 0 Å². The predicted molar refractivity (Wildman–Crippen MR) is 95.6 cm³/mol. The van der Waals surface area contributed by atoms with Crippen LogP contribution >= 0.6 is 0 Å². The number of hydrogen-bond donors (Lipinski definition) is 1. The minimum Gasteiger partial charge on any atom is -0.395 e. The fourth-order valence-corrected chi connectivity index (χ4v) is 2.67. The van der Waals surface area contributed by atoms with Crippen LogP contribution in [0.25, 0.3) is 6.08 Å². The molecule has 0 atom stereocenters. The summed E-state index contributed by atoms with van der Waals surface area (Å²) in [5.41, 5.74) is 3.46. The van der Waals surface area contributed by atoms with Crippen molar-refractivity contribution in [3.8, 4) is 0 Å². The van der Waals surface area contributed by atoms with E-state index in [4.69, 9.17) is 0 Å². The van der Waals surface area contributed by atoms with Crippen molar-refractivity contribution in [1.82, 2.24) is 4.90 Å². The molecular weight excluding hydrogens is 300 g/mol. The molecule has 1 heterocycles. The summed E-state index contributed by atoms with van der Waals surface area (Å²) < 4.78 is 0. The molecule has 0 fully saturated rings. The Bertz CT molecular complexity index is 777. The Hall–Kier alpha value is -2.72. The molecule has 3 rings (SSSR count). The molecule has 1 aliphatic heterocycles. The van der Waals surface area contributed by atoms with Crippen LogP contribution in [0, 0.1) is 0 Å². The van der Waals surface area contributed by atoms with Crippen LogP contribution in [-0.4, -0.2) is 34.9 Å². The van der Waals surface area contributed by atoms with Gasteiger partial charge in [-0.25, -0.2) is 4.99 Å². The van der Waals surface area contributed by atoms with E-state index in [0.717, 1.165) is 17.5 Å². The van der Waals surface area contributed by atoms with E-state index < -0.39 is 0 Å². The van der Waals surface area contributed by atoms with Crippen molar-refractivity contribution >= 4 is 17.8 Å². The first kappa shape index (κ1) is 16.1. The quantitative estimate of drug-likeness (QED) is 0.861. The van der Waals surface area contributed by atoms with Gasteiger partial charge in [-0.05, 0) is 23.6 Å². The summed E-state index contributed by atoms with van der Waals surface area (Å²) in [6, 6.07) is 17.7. The zero-order valence-corrected chi connectivity index (χ0v) is 13.6. The maximum atomic E-state index is 12.6. The molecule has 4 heteroatoms. The van der Waals surface area contributed by atoms with Crippen LogP contribution in [0.15, 0.2) is 65.3 Å². The van der Waals surface area contributed by atoms with Crippen molar-refractivity contribution < 1.29 is 9.90 Å². The number of carbonyl (C=O) groups excluding carboxylic acids is 1. The molecule has 24 heavy (non-hydrogen) atoms. The minimum atomic E-state index is -0.178. The number of aliphatic hydroxyl groups excluding tert-OH is 1. The number of carbonyl (C=O) groups is 1. The molecule has 0 saturated heterocycles. The molecular formula is C20H20N2O2. The molecule has 1 amide bonds. The number of β-amino-alcohol motifs (C(OH)–C–C–N with tert-alkyl or cyclic N) is 1. The third kappa shape index (κ3) is 3.29. The molecule has 1 N–H and O–H groups in total. The lowest BCUT2D eigenvalue weighted by Crippen LogP contribution is -2.35. The Balaban J connectivity index is 1.96. The van der Waals surface area contributed by atoms with Gasteiger partial charge in [0.1, 0.15) is 11.5 Å².